The Hall–Kier alpha value is -4.90. The van der Waals surface area contributed by atoms with Crippen molar-refractivity contribution in [1.29, 1.82) is 0 Å². The van der Waals surface area contributed by atoms with E-state index in [1.165, 1.54) is 43.5 Å². The third kappa shape index (κ3) is 20.2. The van der Waals surface area contributed by atoms with E-state index in [4.69, 9.17) is 38.0 Å². The lowest BCUT2D eigenvalue weighted by Gasteiger charge is -2.30. The highest BCUT2D eigenvalue weighted by Gasteiger charge is 2.48. The average molecular weight is 1220 g/mol. The number of nitrogens with zero attached hydrogens (tertiary/aromatic N) is 3. The van der Waals surface area contributed by atoms with Gasteiger partial charge in [-0.05, 0) is 81.5 Å². The first-order chi connectivity index (χ1) is 38.2. The molecule has 4 N–H and O–H groups in total. The minimum atomic E-state index is -4.68. The zero-order chi connectivity index (χ0) is 59.5. The van der Waals surface area contributed by atoms with Gasteiger partial charge < -0.3 is 42.9 Å². The summed E-state index contributed by atoms with van der Waals surface area (Å²) in [5.74, 6) is -3.01. The van der Waals surface area contributed by atoms with E-state index in [-0.39, 0.29) is 121 Å². The standard InChI is InChI=1S/C51H71N3O23S4/c1-50(18-7-35-78(58,59)60)41-37-39(80(64,65)66)11-13-43(41)52(20-23-70-3)45(50)9-5-4-6-10-46-51(2,19-8-36-79(61,62)63)42-38-40(81(67,68)69)12-14-44(42)53(46)21-24-72-26-28-74-30-32-76-34-33-75-31-29-73-27-25-71-22-17-49(57)77-54-47(55)15-16-48(54)56/h4-6,9-14,37-38H,7-8,15-36H2,1-3H3,(H3-,58,59,60,61,62,63,64,65,66,67,68,69)/p+1. The zero-order valence-corrected chi connectivity index (χ0v) is 48.6. The molecule has 2 amide bonds. The Balaban J connectivity index is 1.18. The Bertz CT molecular complexity index is 3090. The van der Waals surface area contributed by atoms with E-state index in [0.29, 0.717) is 71.9 Å². The number of rotatable bonds is 38. The maximum atomic E-state index is 12.4. The normalized spacial score (nSPS) is 19.3. The van der Waals surface area contributed by atoms with Crippen LogP contribution >= 0.6 is 0 Å². The molecule has 3 aliphatic rings. The number of carbonyl (C=O) groups excluding carboxylic acids is 3. The van der Waals surface area contributed by atoms with Crippen LogP contribution in [0.1, 0.15) is 69.9 Å². The molecule has 452 valence electrons. The number of methoxy groups -OCH3 is 1. The smallest absolute Gasteiger partial charge is 0.335 e. The summed E-state index contributed by atoms with van der Waals surface area (Å²) in [5.41, 5.74) is 1.16. The fourth-order valence-electron chi connectivity index (χ4n) is 9.47. The summed E-state index contributed by atoms with van der Waals surface area (Å²) in [5, 5.41) is 0.485. The fourth-order valence-corrected chi connectivity index (χ4v) is 11.5. The molecular weight excluding hydrogens is 1150 g/mol. The van der Waals surface area contributed by atoms with Gasteiger partial charge in [-0.15, -0.1) is 5.06 Å². The van der Waals surface area contributed by atoms with E-state index in [1.807, 2.05) is 9.48 Å². The maximum absolute atomic E-state index is 12.4. The quantitative estimate of drug-likeness (QED) is 0.0246. The average Bonchev–Trinajstić information content (AvgIpc) is 4.12. The van der Waals surface area contributed by atoms with Gasteiger partial charge in [0, 0.05) is 61.0 Å². The number of carbonyl (C=O) groups is 3. The number of hydrogen-bond donors (Lipinski definition) is 4. The highest BCUT2D eigenvalue weighted by Crippen LogP contribution is 2.51. The van der Waals surface area contributed by atoms with Gasteiger partial charge in [0.05, 0.1) is 112 Å². The van der Waals surface area contributed by atoms with Crippen molar-refractivity contribution in [2.24, 2.45) is 0 Å². The molecule has 2 aromatic rings. The van der Waals surface area contributed by atoms with Crippen LogP contribution in [0, 0.1) is 0 Å². The minimum Gasteiger partial charge on any atom is -0.383 e. The van der Waals surface area contributed by atoms with Crippen LogP contribution in [0.2, 0.25) is 0 Å². The summed E-state index contributed by atoms with van der Waals surface area (Å²) in [6, 6.07) is 8.24. The van der Waals surface area contributed by atoms with Crippen molar-refractivity contribution in [3.05, 3.63) is 83.6 Å². The Kier molecular flexibility index (Phi) is 25.3. The van der Waals surface area contributed by atoms with Gasteiger partial charge in [-0.3, -0.25) is 27.8 Å². The number of benzene rings is 2. The molecule has 81 heavy (non-hydrogen) atoms. The molecule has 0 aliphatic carbocycles. The predicted molar refractivity (Wildman–Crippen MR) is 291 cm³/mol. The molecule has 0 radical (unpaired) electrons. The first-order valence-corrected chi connectivity index (χ1v) is 31.9. The number of hydroxylamine groups is 2. The van der Waals surface area contributed by atoms with Gasteiger partial charge in [0.25, 0.3) is 52.3 Å². The Morgan fingerprint density at radius 2 is 1.10 bits per heavy atom. The number of allylic oxidation sites excluding steroid dienone is 6. The zero-order valence-electron chi connectivity index (χ0n) is 45.3. The summed E-state index contributed by atoms with van der Waals surface area (Å²) in [7, 11) is -16.6. The maximum Gasteiger partial charge on any atom is 0.335 e. The lowest BCUT2D eigenvalue weighted by atomic mass is 9.76. The molecule has 30 heteroatoms. The number of hydrogen-bond acceptors (Lipinski definition) is 20. The van der Waals surface area contributed by atoms with Crippen LogP contribution in [0.5, 0.6) is 0 Å². The molecule has 0 aromatic heterocycles. The molecule has 1 fully saturated rings. The highest BCUT2D eigenvalue weighted by atomic mass is 32.2. The van der Waals surface area contributed by atoms with E-state index < -0.39 is 80.6 Å². The van der Waals surface area contributed by atoms with Gasteiger partial charge in [-0.1, -0.05) is 18.2 Å². The van der Waals surface area contributed by atoms with Gasteiger partial charge >= 0.3 is 5.97 Å². The Morgan fingerprint density at radius 3 is 1.60 bits per heavy atom. The summed E-state index contributed by atoms with van der Waals surface area (Å²) in [6.07, 6.45) is 8.68. The Labute approximate surface area is 472 Å². The molecule has 3 aliphatic heterocycles. The number of fused-ring (bicyclic) bond motifs is 2. The molecule has 2 aromatic carbocycles. The molecule has 1 saturated heterocycles. The molecule has 26 nitrogen and oxygen atoms in total. The van der Waals surface area contributed by atoms with Crippen molar-refractivity contribution in [1.82, 2.24) is 5.06 Å². The molecule has 0 saturated carbocycles. The highest BCUT2D eigenvalue weighted by molar-refractivity contribution is 7.86. The van der Waals surface area contributed by atoms with Gasteiger partial charge in [-0.2, -0.15) is 38.2 Å². The second kappa shape index (κ2) is 30.6. The molecular formula is C51H72N3O23S4+. The van der Waals surface area contributed by atoms with Crippen molar-refractivity contribution in [3.63, 3.8) is 0 Å². The molecule has 5 rings (SSSR count). The summed E-state index contributed by atoms with van der Waals surface area (Å²) < 4.78 is 177. The van der Waals surface area contributed by atoms with Crippen molar-refractivity contribution in [2.45, 2.75) is 79.4 Å². The van der Waals surface area contributed by atoms with Crippen LogP contribution in [0.3, 0.4) is 0 Å². The van der Waals surface area contributed by atoms with Crippen molar-refractivity contribution >= 4 is 75.3 Å². The third-order valence-electron chi connectivity index (χ3n) is 13.4. The largest absolute Gasteiger partial charge is 0.383 e. The molecule has 0 bridgehead atoms. The van der Waals surface area contributed by atoms with Gasteiger partial charge in [0.15, 0.2) is 12.3 Å². The Morgan fingerprint density at radius 1 is 0.617 bits per heavy atom. The molecule has 3 heterocycles. The summed E-state index contributed by atoms with van der Waals surface area (Å²) >= 11 is 0. The third-order valence-corrected chi connectivity index (χ3v) is 16.7. The van der Waals surface area contributed by atoms with E-state index in [2.05, 4.69) is 0 Å². The van der Waals surface area contributed by atoms with E-state index in [9.17, 15) is 66.3 Å². The first kappa shape index (κ1) is 66.9. The molecule has 2 atom stereocenters. The summed E-state index contributed by atoms with van der Waals surface area (Å²) in [6.45, 7) is 7.14. The summed E-state index contributed by atoms with van der Waals surface area (Å²) in [4.78, 5) is 40.7. The number of anilines is 1. The molecule has 2 unspecified atom stereocenters. The van der Waals surface area contributed by atoms with Crippen LogP contribution in [-0.4, -0.2) is 203 Å². The lowest BCUT2D eigenvalue weighted by Crippen LogP contribution is -2.32. The van der Waals surface area contributed by atoms with Crippen LogP contribution in [0.4, 0.5) is 11.4 Å². The van der Waals surface area contributed by atoms with E-state index in [0.717, 1.165) is 0 Å². The SMILES string of the molecule is COCCN1/C(=C/C=C/C=C/C2=[N+](CCOCCOCCOCCOCCOCCOCCC(=O)ON3C(=O)CCC3=O)c3ccc(S(=O)(=O)O)cc3C2(C)CCCS(=O)(=O)O)C(C)(CCCS(=O)(=O)O)c2cc(S(=O)(=O)O)ccc21. The number of imide groups is 1. The van der Waals surface area contributed by atoms with Crippen LogP contribution in [0.25, 0.3) is 0 Å². The predicted octanol–water partition coefficient (Wildman–Crippen LogP) is 3.39. The first-order valence-electron chi connectivity index (χ1n) is 25.8. The topological polar surface area (TPSA) is 352 Å². The number of ether oxygens (including phenoxy) is 7. The van der Waals surface area contributed by atoms with Gasteiger partial charge in [0.1, 0.15) is 6.61 Å². The van der Waals surface area contributed by atoms with Crippen LogP contribution < -0.4 is 4.90 Å². The van der Waals surface area contributed by atoms with Crippen LogP contribution in [-0.2, 0) is 104 Å². The number of amides is 2. The second-order valence-corrected chi connectivity index (χ2v) is 25.2. The lowest BCUT2D eigenvalue weighted by molar-refractivity contribution is -0.442. The minimum absolute atomic E-state index is 0.0116. The van der Waals surface area contributed by atoms with Crippen LogP contribution in [0.15, 0.2) is 82.3 Å². The van der Waals surface area contributed by atoms with Crippen molar-refractivity contribution < 1.29 is 109 Å². The fraction of sp³-hybridized carbons (Fsp3) is 0.569. The van der Waals surface area contributed by atoms with E-state index >= 15 is 0 Å². The van der Waals surface area contributed by atoms with Crippen molar-refractivity contribution in [2.75, 3.05) is 122 Å². The monoisotopic (exact) mass is 1220 g/mol. The van der Waals surface area contributed by atoms with E-state index in [1.54, 1.807) is 44.2 Å². The van der Waals surface area contributed by atoms with Gasteiger partial charge in [-0.25, -0.2) is 4.79 Å². The second-order valence-electron chi connectivity index (χ2n) is 19.2. The van der Waals surface area contributed by atoms with Gasteiger partial charge in [0.2, 0.25) is 5.69 Å². The molecule has 0 spiro atoms. The van der Waals surface area contributed by atoms with Crippen molar-refractivity contribution in [3.8, 4) is 0 Å².